The molecular formula is C29H28Cl2F2N2O8S3. The summed E-state index contributed by atoms with van der Waals surface area (Å²) < 4.78 is 94.5. The van der Waals surface area contributed by atoms with Gasteiger partial charge < -0.3 is 14.2 Å². The molecule has 17 heteroatoms. The molecule has 2 atom stereocenters. The first kappa shape index (κ1) is 34.6. The highest BCUT2D eigenvalue weighted by atomic mass is 35.5. The van der Waals surface area contributed by atoms with Crippen LogP contribution in [0, 0.1) is 5.92 Å². The van der Waals surface area contributed by atoms with Crippen LogP contribution in [0.3, 0.4) is 0 Å². The highest BCUT2D eigenvalue weighted by Gasteiger charge is 2.42. The Hall–Kier alpha value is -2.69. The minimum Gasteiger partial charge on any atom is -0.489 e. The standard InChI is InChI=1S/C29H28Cl2F2N2O8S3/c1-45(37,38)19-5-7-20(8-6-19)46(39,40)35-10-11-44-27(35)28(36)42-25(13-21-22(30)14-34-15-23(21)31)18-4-9-24(43-29(32)33)26(12-18)41-16-17-2-3-17/h4-9,12,14-15,17,25,27,29H,2-3,10-11,13,16H2,1H3/t25?,27-/m0/s1. The van der Waals surface area contributed by atoms with E-state index < -0.39 is 43.9 Å². The summed E-state index contributed by atoms with van der Waals surface area (Å²) in [6, 6.07) is 8.84. The Kier molecular flexibility index (Phi) is 10.7. The Balaban J connectivity index is 1.45. The lowest BCUT2D eigenvalue weighted by atomic mass is 10.0. The molecule has 46 heavy (non-hydrogen) atoms. The number of nitrogens with zero attached hydrogens (tertiary/aromatic N) is 2. The van der Waals surface area contributed by atoms with Crippen LogP contribution in [0.4, 0.5) is 8.78 Å². The van der Waals surface area contributed by atoms with E-state index in [0.717, 1.165) is 35.2 Å². The molecule has 1 aliphatic carbocycles. The van der Waals surface area contributed by atoms with Crippen LogP contribution in [0.25, 0.3) is 0 Å². The van der Waals surface area contributed by atoms with Gasteiger partial charge in [0.05, 0.1) is 26.4 Å². The van der Waals surface area contributed by atoms with Crippen molar-refractivity contribution in [1.29, 1.82) is 0 Å². The molecule has 2 aromatic carbocycles. The maximum Gasteiger partial charge on any atom is 0.387 e. The van der Waals surface area contributed by atoms with Crippen LogP contribution in [0.15, 0.2) is 64.6 Å². The number of carbonyl (C=O) groups excluding carboxylic acids is 1. The number of pyridine rings is 1. The monoisotopic (exact) mass is 736 g/mol. The maximum absolute atomic E-state index is 13.7. The predicted molar refractivity (Wildman–Crippen MR) is 168 cm³/mol. The number of sulfonamides is 1. The number of alkyl halides is 2. The van der Waals surface area contributed by atoms with Crippen molar-refractivity contribution in [2.75, 3.05) is 25.2 Å². The molecule has 1 aliphatic heterocycles. The molecule has 10 nitrogen and oxygen atoms in total. The van der Waals surface area contributed by atoms with Gasteiger partial charge in [0, 0.05) is 37.4 Å². The molecular weight excluding hydrogens is 709 g/mol. The Bertz CT molecular complexity index is 1790. The zero-order valence-corrected chi connectivity index (χ0v) is 28.1. The molecule has 1 saturated heterocycles. The molecule has 1 unspecified atom stereocenters. The number of sulfone groups is 1. The van der Waals surface area contributed by atoms with E-state index in [0.29, 0.717) is 17.0 Å². The second kappa shape index (κ2) is 14.2. The summed E-state index contributed by atoms with van der Waals surface area (Å²) in [6.45, 7) is -2.83. The van der Waals surface area contributed by atoms with Crippen LogP contribution < -0.4 is 9.47 Å². The van der Waals surface area contributed by atoms with Gasteiger partial charge in [0.1, 0.15) is 6.10 Å². The first-order valence-corrected chi connectivity index (χ1v) is 19.0. The van der Waals surface area contributed by atoms with Crippen LogP contribution in [0.1, 0.15) is 30.1 Å². The number of hydrogen-bond acceptors (Lipinski definition) is 10. The van der Waals surface area contributed by atoms with Crippen LogP contribution in [-0.4, -0.2) is 69.2 Å². The molecule has 0 spiro atoms. The van der Waals surface area contributed by atoms with Gasteiger partial charge in [-0.15, -0.1) is 11.8 Å². The van der Waals surface area contributed by atoms with Crippen molar-refractivity contribution in [3.63, 3.8) is 0 Å². The zero-order chi connectivity index (χ0) is 33.2. The van der Waals surface area contributed by atoms with Crippen molar-refractivity contribution >= 4 is 60.8 Å². The molecule has 248 valence electrons. The number of halogens is 4. The average Bonchev–Trinajstić information content (AvgIpc) is 3.69. The van der Waals surface area contributed by atoms with E-state index >= 15 is 0 Å². The van der Waals surface area contributed by atoms with Gasteiger partial charge in [-0.2, -0.15) is 13.1 Å². The normalized spacial score (nSPS) is 18.0. The highest BCUT2D eigenvalue weighted by molar-refractivity contribution is 8.02. The molecule has 1 aromatic heterocycles. The van der Waals surface area contributed by atoms with Crippen molar-refractivity contribution in [3.05, 3.63) is 76.0 Å². The lowest BCUT2D eigenvalue weighted by Gasteiger charge is -2.26. The topological polar surface area (TPSA) is 129 Å². The number of thioether (sulfide) groups is 1. The first-order chi connectivity index (χ1) is 21.7. The molecule has 1 saturated carbocycles. The number of carbonyl (C=O) groups is 1. The third-order valence-corrected chi connectivity index (χ3v) is 12.2. The van der Waals surface area contributed by atoms with E-state index in [4.69, 9.17) is 32.7 Å². The second-order valence-electron chi connectivity index (χ2n) is 10.6. The van der Waals surface area contributed by atoms with Gasteiger partial charge in [-0.25, -0.2) is 21.6 Å². The van der Waals surface area contributed by atoms with Crippen molar-refractivity contribution < 1.29 is 44.6 Å². The van der Waals surface area contributed by atoms with Crippen molar-refractivity contribution in [3.8, 4) is 11.5 Å². The Morgan fingerprint density at radius 2 is 1.67 bits per heavy atom. The largest absolute Gasteiger partial charge is 0.489 e. The molecule has 0 amide bonds. The fourth-order valence-corrected chi connectivity index (χ4v) is 8.85. The second-order valence-corrected chi connectivity index (χ2v) is 16.5. The SMILES string of the molecule is CS(=O)(=O)c1ccc(S(=O)(=O)N2CCS[C@H]2C(=O)OC(Cc2c(Cl)cncc2Cl)c2ccc(OC(F)F)c(OCC3CC3)c2)cc1. The van der Waals surface area contributed by atoms with Crippen LogP contribution in [-0.2, 0) is 35.8 Å². The molecule has 0 bridgehead atoms. The van der Waals surface area contributed by atoms with E-state index in [2.05, 4.69) is 9.72 Å². The fourth-order valence-electron chi connectivity index (χ4n) is 4.65. The van der Waals surface area contributed by atoms with Crippen LogP contribution >= 0.6 is 35.0 Å². The molecule has 0 N–H and O–H groups in total. The highest BCUT2D eigenvalue weighted by Crippen LogP contribution is 2.39. The first-order valence-electron chi connectivity index (χ1n) is 13.9. The van der Waals surface area contributed by atoms with Gasteiger partial charge >= 0.3 is 12.6 Å². The summed E-state index contributed by atoms with van der Waals surface area (Å²) in [7, 11) is -7.80. The number of aromatic nitrogens is 1. The minimum atomic E-state index is -4.24. The summed E-state index contributed by atoms with van der Waals surface area (Å²) in [6.07, 6.45) is 4.44. The van der Waals surface area contributed by atoms with Gasteiger partial charge in [-0.05, 0) is 66.3 Å². The molecule has 5 rings (SSSR count). The molecule has 3 aromatic rings. The van der Waals surface area contributed by atoms with Gasteiger partial charge in [-0.1, -0.05) is 29.3 Å². The van der Waals surface area contributed by atoms with E-state index in [1.54, 1.807) is 0 Å². The summed E-state index contributed by atoms with van der Waals surface area (Å²) in [5.74, 6) is -0.490. The van der Waals surface area contributed by atoms with Crippen molar-refractivity contribution in [1.82, 2.24) is 9.29 Å². The van der Waals surface area contributed by atoms with Crippen LogP contribution in [0.5, 0.6) is 11.5 Å². The van der Waals surface area contributed by atoms with Gasteiger partial charge in [-0.3, -0.25) is 4.98 Å². The Morgan fingerprint density at radius 1 is 1.02 bits per heavy atom. The van der Waals surface area contributed by atoms with E-state index in [9.17, 15) is 30.4 Å². The van der Waals surface area contributed by atoms with Crippen molar-refractivity contribution in [2.45, 2.75) is 47.1 Å². The summed E-state index contributed by atoms with van der Waals surface area (Å²) >= 11 is 13.8. The molecule has 2 fully saturated rings. The Morgan fingerprint density at radius 3 is 2.28 bits per heavy atom. The zero-order valence-electron chi connectivity index (χ0n) is 24.1. The number of esters is 1. The summed E-state index contributed by atoms with van der Waals surface area (Å²) in [4.78, 5) is 17.4. The number of rotatable bonds is 13. The Labute approximate surface area is 279 Å². The third-order valence-electron chi connectivity index (χ3n) is 7.24. The smallest absolute Gasteiger partial charge is 0.387 e. The fraction of sp³-hybridized carbons (Fsp3) is 0.379. The van der Waals surface area contributed by atoms with Gasteiger partial charge in [0.25, 0.3) is 0 Å². The quantitative estimate of drug-likeness (QED) is 0.199. The number of ether oxygens (including phenoxy) is 3. The minimum absolute atomic E-state index is 0.00785. The number of benzene rings is 2. The summed E-state index contributed by atoms with van der Waals surface area (Å²) in [5, 5.41) is -0.903. The van der Waals surface area contributed by atoms with Crippen molar-refractivity contribution in [2.24, 2.45) is 5.92 Å². The lowest BCUT2D eigenvalue weighted by molar-refractivity contribution is -0.150. The lowest BCUT2D eigenvalue weighted by Crippen LogP contribution is -2.40. The maximum atomic E-state index is 13.7. The predicted octanol–water partition coefficient (Wildman–Crippen LogP) is 5.77. The summed E-state index contributed by atoms with van der Waals surface area (Å²) in [5.41, 5.74) is 0.720. The van der Waals surface area contributed by atoms with E-state index in [1.165, 1.54) is 54.9 Å². The molecule has 2 heterocycles. The third kappa shape index (κ3) is 8.23. The number of hydrogen-bond donors (Lipinski definition) is 0. The average molecular weight is 738 g/mol. The van der Waals surface area contributed by atoms with E-state index in [1.807, 2.05) is 0 Å². The van der Waals surface area contributed by atoms with Gasteiger partial charge in [0.2, 0.25) is 10.0 Å². The van der Waals surface area contributed by atoms with Crippen LogP contribution in [0.2, 0.25) is 10.0 Å². The molecule has 0 radical (unpaired) electrons. The van der Waals surface area contributed by atoms with E-state index in [-0.39, 0.29) is 56.7 Å². The van der Waals surface area contributed by atoms with Gasteiger partial charge in [0.15, 0.2) is 26.7 Å². The molecule has 2 aliphatic rings.